The van der Waals surface area contributed by atoms with Crippen LogP contribution in [0.15, 0.2) is 22.7 Å². The summed E-state index contributed by atoms with van der Waals surface area (Å²) in [7, 11) is 1.67. The van der Waals surface area contributed by atoms with Crippen molar-refractivity contribution in [3.63, 3.8) is 0 Å². The third-order valence-electron chi connectivity index (χ3n) is 2.80. The molecule has 1 aromatic rings. The Kier molecular flexibility index (Phi) is 4.27. The molecule has 0 N–H and O–H groups in total. The van der Waals surface area contributed by atoms with Crippen LogP contribution in [-0.4, -0.2) is 19.8 Å². The molecule has 0 amide bonds. The second-order valence-electron chi connectivity index (χ2n) is 3.84. The molecule has 2 nitrogen and oxygen atoms in total. The average molecular weight is 350 g/mol. The van der Waals surface area contributed by atoms with Gasteiger partial charge in [0.15, 0.2) is 0 Å². The quantitative estimate of drug-likeness (QED) is 0.766. The molecule has 1 aliphatic heterocycles. The van der Waals surface area contributed by atoms with Crippen LogP contribution in [0.1, 0.15) is 23.2 Å². The number of halogens is 2. The summed E-state index contributed by atoms with van der Waals surface area (Å²) in [5, 5.41) is 0. The van der Waals surface area contributed by atoms with Gasteiger partial charge in [-0.15, -0.1) is 0 Å². The molecule has 0 bridgehead atoms. The Bertz CT molecular complexity index is 362. The summed E-state index contributed by atoms with van der Waals surface area (Å²) in [6.45, 7) is 0.876. The minimum Gasteiger partial charge on any atom is -0.497 e. The lowest BCUT2D eigenvalue weighted by molar-refractivity contribution is 0.110. The van der Waals surface area contributed by atoms with Gasteiger partial charge in [0, 0.05) is 11.1 Å². The Balaban J connectivity index is 2.19. The fraction of sp³-hybridized carbons (Fsp3) is 0.500. The number of alkyl halides is 1. The van der Waals surface area contributed by atoms with Crippen LogP contribution in [0.4, 0.5) is 0 Å². The minimum atomic E-state index is 0.246. The summed E-state index contributed by atoms with van der Waals surface area (Å²) in [6.07, 6.45) is 2.55. The Morgan fingerprint density at radius 1 is 1.50 bits per heavy atom. The maximum atomic E-state index is 5.68. The Morgan fingerprint density at radius 2 is 2.31 bits per heavy atom. The second kappa shape index (κ2) is 5.52. The van der Waals surface area contributed by atoms with E-state index in [4.69, 9.17) is 9.47 Å². The van der Waals surface area contributed by atoms with Gasteiger partial charge < -0.3 is 9.47 Å². The van der Waals surface area contributed by atoms with E-state index < -0.39 is 0 Å². The molecular weight excluding hydrogens is 336 g/mol. The van der Waals surface area contributed by atoms with Crippen molar-refractivity contribution in [2.45, 2.75) is 23.8 Å². The summed E-state index contributed by atoms with van der Waals surface area (Å²) in [5.41, 5.74) is 1.22. The highest BCUT2D eigenvalue weighted by Gasteiger charge is 2.26. The zero-order valence-corrected chi connectivity index (χ0v) is 12.3. The molecule has 1 saturated heterocycles. The van der Waals surface area contributed by atoms with E-state index >= 15 is 0 Å². The van der Waals surface area contributed by atoms with E-state index in [9.17, 15) is 0 Å². The summed E-state index contributed by atoms with van der Waals surface area (Å²) >= 11 is 7.28. The van der Waals surface area contributed by atoms with Gasteiger partial charge in [-0.05, 0) is 30.5 Å². The summed E-state index contributed by atoms with van der Waals surface area (Å²) < 4.78 is 11.9. The number of rotatable bonds is 3. The van der Waals surface area contributed by atoms with Crippen molar-refractivity contribution in [3.8, 4) is 5.75 Å². The zero-order valence-electron chi connectivity index (χ0n) is 9.08. The standard InChI is InChI=1S/C12H14Br2O2/c1-15-8-4-5-9(10(13)7-8)12(14)11-3-2-6-16-11/h4-5,7,11-12H,2-3,6H2,1H3. The van der Waals surface area contributed by atoms with Gasteiger partial charge in [0.1, 0.15) is 5.75 Å². The van der Waals surface area contributed by atoms with Crippen molar-refractivity contribution in [3.05, 3.63) is 28.2 Å². The molecular formula is C12H14Br2O2. The van der Waals surface area contributed by atoms with Crippen LogP contribution in [0, 0.1) is 0 Å². The Hall–Kier alpha value is -0.0600. The number of ether oxygens (including phenoxy) is 2. The summed E-state index contributed by atoms with van der Waals surface area (Å²) in [6, 6.07) is 6.03. The van der Waals surface area contributed by atoms with E-state index in [1.165, 1.54) is 5.56 Å². The van der Waals surface area contributed by atoms with Crippen molar-refractivity contribution < 1.29 is 9.47 Å². The van der Waals surface area contributed by atoms with Gasteiger partial charge >= 0.3 is 0 Å². The normalized spacial score (nSPS) is 22.1. The van der Waals surface area contributed by atoms with E-state index in [1.54, 1.807) is 7.11 Å². The Labute approximate surface area is 113 Å². The van der Waals surface area contributed by atoms with E-state index in [0.717, 1.165) is 29.7 Å². The molecule has 88 valence electrons. The van der Waals surface area contributed by atoms with E-state index in [0.29, 0.717) is 0 Å². The monoisotopic (exact) mass is 348 g/mol. The van der Waals surface area contributed by atoms with E-state index in [1.807, 2.05) is 12.1 Å². The predicted molar refractivity (Wildman–Crippen MR) is 71.3 cm³/mol. The minimum absolute atomic E-state index is 0.246. The number of hydrogen-bond acceptors (Lipinski definition) is 2. The molecule has 2 atom stereocenters. The molecule has 1 aromatic carbocycles. The molecule has 4 heteroatoms. The smallest absolute Gasteiger partial charge is 0.120 e. The second-order valence-corrected chi connectivity index (χ2v) is 5.68. The van der Waals surface area contributed by atoms with Gasteiger partial charge in [0.05, 0.1) is 18.0 Å². The van der Waals surface area contributed by atoms with Gasteiger partial charge in [0.25, 0.3) is 0 Å². The van der Waals surface area contributed by atoms with Crippen LogP contribution in [0.2, 0.25) is 0 Å². The number of methoxy groups -OCH3 is 1. The largest absolute Gasteiger partial charge is 0.497 e. The number of benzene rings is 1. The lowest BCUT2D eigenvalue weighted by atomic mass is 10.1. The topological polar surface area (TPSA) is 18.5 Å². The van der Waals surface area contributed by atoms with Crippen LogP contribution in [0.25, 0.3) is 0 Å². The van der Waals surface area contributed by atoms with Gasteiger partial charge in [0.2, 0.25) is 0 Å². The van der Waals surface area contributed by atoms with Crippen molar-refractivity contribution in [1.82, 2.24) is 0 Å². The highest BCUT2D eigenvalue weighted by molar-refractivity contribution is 9.11. The molecule has 0 aromatic heterocycles. The lowest BCUT2D eigenvalue weighted by Crippen LogP contribution is -2.12. The summed E-state index contributed by atoms with van der Waals surface area (Å²) in [5.74, 6) is 0.864. The van der Waals surface area contributed by atoms with Crippen LogP contribution >= 0.6 is 31.9 Å². The first-order chi connectivity index (χ1) is 7.72. The molecule has 0 spiro atoms. The molecule has 1 heterocycles. The molecule has 0 saturated carbocycles. The van der Waals surface area contributed by atoms with Gasteiger partial charge in [-0.1, -0.05) is 37.9 Å². The summed E-state index contributed by atoms with van der Waals surface area (Å²) in [4.78, 5) is 0.246. The van der Waals surface area contributed by atoms with Crippen LogP contribution in [0.5, 0.6) is 5.75 Å². The third kappa shape index (κ3) is 2.60. The van der Waals surface area contributed by atoms with E-state index in [2.05, 4.69) is 37.9 Å². The van der Waals surface area contributed by atoms with Crippen molar-refractivity contribution in [1.29, 1.82) is 0 Å². The molecule has 0 radical (unpaired) electrons. The SMILES string of the molecule is COc1ccc(C(Br)C2CCCO2)c(Br)c1. The highest BCUT2D eigenvalue weighted by atomic mass is 79.9. The fourth-order valence-corrected chi connectivity index (χ4v) is 3.62. The van der Waals surface area contributed by atoms with Crippen molar-refractivity contribution in [2.24, 2.45) is 0 Å². The lowest BCUT2D eigenvalue weighted by Gasteiger charge is -2.18. The van der Waals surface area contributed by atoms with Gasteiger partial charge in [-0.25, -0.2) is 0 Å². The maximum absolute atomic E-state index is 5.68. The van der Waals surface area contributed by atoms with Crippen LogP contribution in [-0.2, 0) is 4.74 Å². The molecule has 2 rings (SSSR count). The molecule has 2 unspecified atom stereocenters. The van der Waals surface area contributed by atoms with Crippen molar-refractivity contribution in [2.75, 3.05) is 13.7 Å². The van der Waals surface area contributed by atoms with Crippen molar-refractivity contribution >= 4 is 31.9 Å². The van der Waals surface area contributed by atoms with Gasteiger partial charge in [-0.3, -0.25) is 0 Å². The third-order valence-corrected chi connectivity index (χ3v) is 4.57. The molecule has 1 aliphatic rings. The molecule has 0 aliphatic carbocycles. The first-order valence-corrected chi connectivity index (χ1v) is 7.02. The average Bonchev–Trinajstić information content (AvgIpc) is 2.81. The van der Waals surface area contributed by atoms with Crippen LogP contribution < -0.4 is 4.74 Å². The zero-order chi connectivity index (χ0) is 11.5. The number of hydrogen-bond donors (Lipinski definition) is 0. The van der Waals surface area contributed by atoms with Crippen LogP contribution in [0.3, 0.4) is 0 Å². The Morgan fingerprint density at radius 3 is 2.88 bits per heavy atom. The van der Waals surface area contributed by atoms with E-state index in [-0.39, 0.29) is 10.9 Å². The van der Waals surface area contributed by atoms with Gasteiger partial charge in [-0.2, -0.15) is 0 Å². The highest BCUT2D eigenvalue weighted by Crippen LogP contribution is 2.38. The molecule has 16 heavy (non-hydrogen) atoms. The predicted octanol–water partition coefficient (Wildman–Crippen LogP) is 4.07. The fourth-order valence-electron chi connectivity index (χ4n) is 1.89. The first kappa shape index (κ1) is 12.4. The maximum Gasteiger partial charge on any atom is 0.120 e. The molecule has 1 fully saturated rings. The first-order valence-electron chi connectivity index (χ1n) is 5.31.